The molecule has 0 saturated heterocycles. The van der Waals surface area contributed by atoms with Gasteiger partial charge in [-0.05, 0) is 30.9 Å². The lowest BCUT2D eigenvalue weighted by Gasteiger charge is -2.18. The molecule has 1 aliphatic heterocycles. The second-order valence-electron chi connectivity index (χ2n) is 4.44. The first-order valence-corrected chi connectivity index (χ1v) is 6.75. The van der Waals surface area contributed by atoms with E-state index in [0.717, 1.165) is 19.3 Å². The molecule has 1 aromatic rings. The van der Waals surface area contributed by atoms with Crippen LogP contribution in [0.5, 0.6) is 0 Å². The van der Waals surface area contributed by atoms with Gasteiger partial charge in [0, 0.05) is 16.2 Å². The Morgan fingerprint density at radius 3 is 3.00 bits per heavy atom. The van der Waals surface area contributed by atoms with Crippen LogP contribution in [0.25, 0.3) is 0 Å². The molecule has 16 heavy (non-hydrogen) atoms. The molecule has 0 fully saturated rings. The molecule has 1 heterocycles. The van der Waals surface area contributed by atoms with Crippen LogP contribution < -0.4 is 5.73 Å². The summed E-state index contributed by atoms with van der Waals surface area (Å²) < 4.78 is 0. The van der Waals surface area contributed by atoms with E-state index in [-0.39, 0.29) is 6.04 Å². The lowest BCUT2D eigenvalue weighted by Crippen LogP contribution is -2.32. The molecule has 1 aromatic carbocycles. The van der Waals surface area contributed by atoms with E-state index in [4.69, 9.17) is 5.73 Å². The van der Waals surface area contributed by atoms with Gasteiger partial charge >= 0.3 is 0 Å². The molecule has 0 aliphatic carbocycles. The van der Waals surface area contributed by atoms with Crippen molar-refractivity contribution < 1.29 is 0 Å². The van der Waals surface area contributed by atoms with Crippen molar-refractivity contribution in [2.24, 2.45) is 5.73 Å². The highest BCUT2D eigenvalue weighted by Crippen LogP contribution is 2.38. The van der Waals surface area contributed by atoms with Gasteiger partial charge in [0.2, 0.25) is 0 Å². The Bertz CT molecular complexity index is 361. The van der Waals surface area contributed by atoms with Gasteiger partial charge in [-0.2, -0.15) is 0 Å². The van der Waals surface area contributed by atoms with Crippen LogP contribution in [0.1, 0.15) is 25.3 Å². The first kappa shape index (κ1) is 11.7. The second kappa shape index (κ2) is 5.07. The Morgan fingerprint density at radius 2 is 2.31 bits per heavy atom. The van der Waals surface area contributed by atoms with Crippen molar-refractivity contribution in [3.63, 3.8) is 0 Å². The quantitative estimate of drug-likeness (QED) is 0.807. The summed E-state index contributed by atoms with van der Waals surface area (Å²) in [7, 11) is 0. The molecular formula is C14H19NS. The topological polar surface area (TPSA) is 26.0 Å². The molecule has 2 rings (SSSR count). The van der Waals surface area contributed by atoms with Crippen molar-refractivity contribution in [2.45, 2.75) is 42.4 Å². The van der Waals surface area contributed by atoms with Crippen molar-refractivity contribution in [2.75, 3.05) is 0 Å². The zero-order valence-corrected chi connectivity index (χ0v) is 10.6. The van der Waals surface area contributed by atoms with Gasteiger partial charge in [-0.1, -0.05) is 37.3 Å². The van der Waals surface area contributed by atoms with Crippen LogP contribution in [0.3, 0.4) is 0 Å². The fourth-order valence-electron chi connectivity index (χ4n) is 2.06. The van der Waals surface area contributed by atoms with E-state index in [1.54, 1.807) is 0 Å². The van der Waals surface area contributed by atoms with Gasteiger partial charge in [-0.3, -0.25) is 0 Å². The Hall–Kier alpha value is -0.730. The van der Waals surface area contributed by atoms with E-state index >= 15 is 0 Å². The first-order chi connectivity index (χ1) is 7.70. The average Bonchev–Trinajstić information content (AvgIpc) is 2.72. The van der Waals surface area contributed by atoms with Crippen LogP contribution >= 0.6 is 11.8 Å². The molecule has 2 unspecified atom stereocenters. The van der Waals surface area contributed by atoms with Gasteiger partial charge in [-0.15, -0.1) is 11.8 Å². The number of fused-ring (bicyclic) bond motifs is 1. The smallest absolute Gasteiger partial charge is 0.0290 e. The Labute approximate surface area is 102 Å². The third kappa shape index (κ3) is 2.50. The van der Waals surface area contributed by atoms with E-state index in [9.17, 15) is 0 Å². The zero-order chi connectivity index (χ0) is 11.5. The number of benzene rings is 1. The zero-order valence-electron chi connectivity index (χ0n) is 9.78. The van der Waals surface area contributed by atoms with Gasteiger partial charge in [0.25, 0.3) is 0 Å². The Morgan fingerprint density at radius 1 is 1.56 bits per heavy atom. The highest BCUT2D eigenvalue weighted by Gasteiger charge is 2.26. The molecule has 2 heteroatoms. The van der Waals surface area contributed by atoms with Crippen molar-refractivity contribution >= 4 is 11.8 Å². The van der Waals surface area contributed by atoms with Gasteiger partial charge in [0.1, 0.15) is 0 Å². The van der Waals surface area contributed by atoms with Crippen LogP contribution in [-0.2, 0) is 6.42 Å². The number of hydrogen-bond donors (Lipinski definition) is 1. The second-order valence-corrected chi connectivity index (χ2v) is 5.72. The van der Waals surface area contributed by atoms with Crippen molar-refractivity contribution in [3.8, 4) is 0 Å². The van der Waals surface area contributed by atoms with E-state index < -0.39 is 0 Å². The number of nitrogens with two attached hydrogens (primary N) is 1. The maximum atomic E-state index is 6.25. The minimum atomic E-state index is 0.241. The number of hydrogen-bond acceptors (Lipinski definition) is 2. The summed E-state index contributed by atoms with van der Waals surface area (Å²) in [5.41, 5.74) is 8.97. The lowest BCUT2D eigenvalue weighted by atomic mass is 9.99. The first-order valence-electron chi connectivity index (χ1n) is 5.87. The van der Waals surface area contributed by atoms with E-state index in [0.29, 0.717) is 5.25 Å². The van der Waals surface area contributed by atoms with Crippen LogP contribution in [0.4, 0.5) is 0 Å². The fourth-order valence-corrected chi connectivity index (χ4v) is 3.38. The van der Waals surface area contributed by atoms with Gasteiger partial charge < -0.3 is 5.73 Å². The Balaban J connectivity index is 1.98. The molecule has 1 nitrogen and oxygen atoms in total. The maximum Gasteiger partial charge on any atom is 0.0290 e. The normalized spacial score (nSPS) is 20.5. The molecule has 0 amide bonds. The van der Waals surface area contributed by atoms with Gasteiger partial charge in [-0.25, -0.2) is 0 Å². The molecule has 0 spiro atoms. The molecular weight excluding hydrogens is 214 g/mol. The molecule has 2 N–H and O–H groups in total. The summed E-state index contributed by atoms with van der Waals surface area (Å²) in [6, 6.07) is 8.86. The van der Waals surface area contributed by atoms with Crippen LogP contribution in [-0.4, -0.2) is 11.3 Å². The van der Waals surface area contributed by atoms with E-state index in [2.05, 4.69) is 37.8 Å². The molecule has 2 atom stereocenters. The van der Waals surface area contributed by atoms with Crippen molar-refractivity contribution in [3.05, 3.63) is 42.0 Å². The molecule has 0 bridgehead atoms. The van der Waals surface area contributed by atoms with Crippen LogP contribution in [0, 0.1) is 0 Å². The third-order valence-electron chi connectivity index (χ3n) is 3.17. The molecule has 0 saturated carbocycles. The summed E-state index contributed by atoms with van der Waals surface area (Å²) in [6.45, 7) is 6.19. The monoisotopic (exact) mass is 233 g/mol. The minimum Gasteiger partial charge on any atom is -0.326 e. The number of rotatable bonds is 4. The molecule has 0 aromatic heterocycles. The summed E-state index contributed by atoms with van der Waals surface area (Å²) in [6.07, 6.45) is 3.11. The van der Waals surface area contributed by atoms with E-state index in [1.165, 1.54) is 16.0 Å². The average molecular weight is 233 g/mol. The SMILES string of the molecule is C=C(CC)CC(N)C1Cc2ccccc2S1. The minimum absolute atomic E-state index is 0.241. The largest absolute Gasteiger partial charge is 0.326 e. The van der Waals surface area contributed by atoms with Gasteiger partial charge in [0.05, 0.1) is 0 Å². The molecule has 0 radical (unpaired) electrons. The predicted octanol–water partition coefficient (Wildman–Crippen LogP) is 3.39. The Kier molecular flexibility index (Phi) is 3.72. The van der Waals surface area contributed by atoms with Gasteiger partial charge in [0.15, 0.2) is 0 Å². The summed E-state index contributed by atoms with van der Waals surface area (Å²) in [4.78, 5) is 1.41. The number of thioether (sulfide) groups is 1. The van der Waals surface area contributed by atoms with Crippen molar-refractivity contribution in [1.82, 2.24) is 0 Å². The fraction of sp³-hybridized carbons (Fsp3) is 0.429. The summed E-state index contributed by atoms with van der Waals surface area (Å²) in [5, 5.41) is 0.528. The molecule has 1 aliphatic rings. The van der Waals surface area contributed by atoms with E-state index in [1.807, 2.05) is 11.8 Å². The van der Waals surface area contributed by atoms with Crippen LogP contribution in [0.2, 0.25) is 0 Å². The predicted molar refractivity (Wildman–Crippen MR) is 71.8 cm³/mol. The highest BCUT2D eigenvalue weighted by molar-refractivity contribution is 8.00. The van der Waals surface area contributed by atoms with Crippen LogP contribution in [0.15, 0.2) is 41.3 Å². The van der Waals surface area contributed by atoms with Crippen molar-refractivity contribution in [1.29, 1.82) is 0 Å². The third-order valence-corrected chi connectivity index (χ3v) is 4.65. The summed E-state index contributed by atoms with van der Waals surface area (Å²) >= 11 is 1.93. The lowest BCUT2D eigenvalue weighted by molar-refractivity contribution is 0.622. The highest BCUT2D eigenvalue weighted by atomic mass is 32.2. The maximum absolute atomic E-state index is 6.25. The summed E-state index contributed by atoms with van der Waals surface area (Å²) in [5.74, 6) is 0. The standard InChI is InChI=1S/C14H19NS/c1-3-10(2)8-12(15)14-9-11-6-4-5-7-13(11)16-14/h4-7,12,14H,2-3,8-9,15H2,1H3. The molecule has 86 valence electrons.